The Balaban J connectivity index is 2.65. The molecule has 4 atom stereocenters. The summed E-state index contributed by atoms with van der Waals surface area (Å²) in [7, 11) is 2.27. The molecule has 1 aliphatic carbocycles. The van der Waals surface area contributed by atoms with Crippen molar-refractivity contribution >= 4 is 17.7 Å². The number of ether oxygens (including phenoxy) is 2. The van der Waals surface area contributed by atoms with E-state index in [1.807, 2.05) is 0 Å². The van der Waals surface area contributed by atoms with E-state index < -0.39 is 53.3 Å². The van der Waals surface area contributed by atoms with Crippen LogP contribution in [0.4, 0.5) is 4.39 Å². The number of carbonyl (C=O) groups excluding carboxylic acids is 3. The van der Waals surface area contributed by atoms with Crippen molar-refractivity contribution in [3.8, 4) is 0 Å². The summed E-state index contributed by atoms with van der Waals surface area (Å²) in [6.07, 6.45) is -0.404. The van der Waals surface area contributed by atoms with Crippen LogP contribution in [0.25, 0.3) is 0 Å². The number of rotatable bonds is 3. The first kappa shape index (κ1) is 18.1. The average molecular weight is 338 g/mol. The molecule has 130 valence electrons. The van der Waals surface area contributed by atoms with Crippen LogP contribution >= 0.6 is 0 Å². The molecular weight excluding hydrogens is 319 g/mol. The third kappa shape index (κ3) is 3.17. The van der Waals surface area contributed by atoms with Gasteiger partial charge in [-0.05, 0) is 24.6 Å². The summed E-state index contributed by atoms with van der Waals surface area (Å²) in [5.41, 5.74) is -1.49. The molecule has 24 heavy (non-hydrogen) atoms. The van der Waals surface area contributed by atoms with Gasteiger partial charge < -0.3 is 14.6 Å². The lowest BCUT2D eigenvalue weighted by Crippen LogP contribution is -2.55. The quantitative estimate of drug-likeness (QED) is 0.658. The highest BCUT2D eigenvalue weighted by atomic mass is 19.1. The molecule has 1 N–H and O–H groups in total. The molecule has 1 saturated carbocycles. The highest BCUT2D eigenvalue weighted by molar-refractivity contribution is 6.02. The van der Waals surface area contributed by atoms with E-state index in [2.05, 4.69) is 4.74 Å². The molecule has 0 saturated heterocycles. The zero-order valence-electron chi connectivity index (χ0n) is 13.6. The molecule has 0 bridgehead atoms. The molecule has 1 aliphatic rings. The monoisotopic (exact) mass is 338 g/mol. The van der Waals surface area contributed by atoms with Crippen molar-refractivity contribution in [1.29, 1.82) is 0 Å². The highest BCUT2D eigenvalue weighted by Gasteiger charge is 2.56. The van der Waals surface area contributed by atoms with Crippen LogP contribution in [0.1, 0.15) is 24.8 Å². The Morgan fingerprint density at radius 1 is 1.25 bits per heavy atom. The third-order valence-electron chi connectivity index (χ3n) is 4.41. The van der Waals surface area contributed by atoms with E-state index in [-0.39, 0.29) is 5.56 Å². The number of halogens is 1. The Morgan fingerprint density at radius 2 is 1.88 bits per heavy atom. The number of hydrogen-bond acceptors (Lipinski definition) is 6. The predicted octanol–water partition coefficient (Wildman–Crippen LogP) is 1.21. The fourth-order valence-electron chi connectivity index (χ4n) is 3.38. The molecule has 6 nitrogen and oxygen atoms in total. The van der Waals surface area contributed by atoms with Gasteiger partial charge in [-0.15, -0.1) is 0 Å². The van der Waals surface area contributed by atoms with Gasteiger partial charge in [0.05, 0.1) is 25.7 Å². The predicted molar refractivity (Wildman–Crippen MR) is 80.4 cm³/mol. The highest BCUT2D eigenvalue weighted by Crippen LogP contribution is 2.46. The molecular formula is C17H19FO6. The molecule has 7 heteroatoms. The summed E-state index contributed by atoms with van der Waals surface area (Å²) in [5, 5.41) is 10.6. The first-order valence-corrected chi connectivity index (χ1v) is 7.39. The van der Waals surface area contributed by atoms with Crippen LogP contribution in [0.2, 0.25) is 0 Å². The summed E-state index contributed by atoms with van der Waals surface area (Å²) in [5.74, 6) is -6.39. The van der Waals surface area contributed by atoms with Crippen molar-refractivity contribution in [3.63, 3.8) is 0 Å². The van der Waals surface area contributed by atoms with Crippen molar-refractivity contribution in [1.82, 2.24) is 0 Å². The van der Waals surface area contributed by atoms with E-state index in [9.17, 15) is 23.9 Å². The van der Waals surface area contributed by atoms with Gasteiger partial charge in [-0.3, -0.25) is 14.4 Å². The second kappa shape index (κ2) is 6.68. The Bertz CT molecular complexity index is 669. The molecule has 0 radical (unpaired) electrons. The van der Waals surface area contributed by atoms with Crippen LogP contribution in [0, 0.1) is 17.7 Å². The maximum absolute atomic E-state index is 13.7. The fourth-order valence-corrected chi connectivity index (χ4v) is 3.38. The number of benzene rings is 1. The van der Waals surface area contributed by atoms with Gasteiger partial charge in [0.15, 0.2) is 5.78 Å². The Kier molecular flexibility index (Phi) is 5.03. The first-order chi connectivity index (χ1) is 11.2. The second-order valence-corrected chi connectivity index (χ2v) is 6.08. The van der Waals surface area contributed by atoms with Gasteiger partial charge in [0.1, 0.15) is 11.7 Å². The average Bonchev–Trinajstić information content (AvgIpc) is 2.52. The molecule has 1 aromatic carbocycles. The number of methoxy groups -OCH3 is 2. The minimum absolute atomic E-state index is 0.245. The fraction of sp³-hybridized carbons (Fsp3) is 0.471. The SMILES string of the molecule is COC(=O)[C@@H]1C(=O)C[C@@](C)(O)[C@H](C(=O)OC)[C@H]1c1cccc(F)c1. The van der Waals surface area contributed by atoms with E-state index in [1.165, 1.54) is 25.1 Å². The third-order valence-corrected chi connectivity index (χ3v) is 4.41. The van der Waals surface area contributed by atoms with Crippen LogP contribution in [0.3, 0.4) is 0 Å². The minimum Gasteiger partial charge on any atom is -0.469 e. The van der Waals surface area contributed by atoms with Gasteiger partial charge in [-0.25, -0.2) is 4.39 Å². The van der Waals surface area contributed by atoms with E-state index in [0.29, 0.717) is 0 Å². The Morgan fingerprint density at radius 3 is 2.42 bits per heavy atom. The van der Waals surface area contributed by atoms with Crippen LogP contribution in [-0.4, -0.2) is 42.6 Å². The number of aliphatic hydroxyl groups is 1. The molecule has 0 amide bonds. The van der Waals surface area contributed by atoms with Gasteiger partial charge in [-0.2, -0.15) is 0 Å². The number of ketones is 1. The van der Waals surface area contributed by atoms with Crippen molar-refractivity contribution in [2.45, 2.75) is 24.9 Å². The zero-order valence-corrected chi connectivity index (χ0v) is 13.6. The standard InChI is InChI=1S/C17H19FO6/c1-17(22)8-11(19)13(15(20)23-2)12(14(17)16(21)24-3)9-5-4-6-10(18)7-9/h4-7,12-14,22H,8H2,1-3H3/t12-,13+,14-,17+/m0/s1. The number of Topliss-reactive ketones (excluding diaryl/α,β-unsaturated/α-hetero) is 1. The molecule has 0 aliphatic heterocycles. The van der Waals surface area contributed by atoms with Crippen LogP contribution < -0.4 is 0 Å². The molecule has 1 fully saturated rings. The van der Waals surface area contributed by atoms with Gasteiger partial charge >= 0.3 is 11.9 Å². The smallest absolute Gasteiger partial charge is 0.316 e. The van der Waals surface area contributed by atoms with Crippen LogP contribution in [0.5, 0.6) is 0 Å². The summed E-state index contributed by atoms with van der Waals surface area (Å²) >= 11 is 0. The van der Waals surface area contributed by atoms with Crippen LogP contribution in [0.15, 0.2) is 24.3 Å². The minimum atomic E-state index is -1.73. The number of esters is 2. The number of hydrogen-bond donors (Lipinski definition) is 1. The molecule has 0 unspecified atom stereocenters. The van der Waals surface area contributed by atoms with Gasteiger partial charge in [0.25, 0.3) is 0 Å². The van der Waals surface area contributed by atoms with Crippen molar-refractivity contribution < 1.29 is 33.4 Å². The van der Waals surface area contributed by atoms with E-state index >= 15 is 0 Å². The van der Waals surface area contributed by atoms with Gasteiger partial charge in [0, 0.05) is 12.3 Å². The summed E-state index contributed by atoms with van der Waals surface area (Å²) in [4.78, 5) is 36.8. The topological polar surface area (TPSA) is 89.9 Å². The molecule has 0 aromatic heterocycles. The largest absolute Gasteiger partial charge is 0.469 e. The summed E-state index contributed by atoms with van der Waals surface area (Å²) in [6.45, 7) is 1.33. The first-order valence-electron chi connectivity index (χ1n) is 7.39. The summed E-state index contributed by atoms with van der Waals surface area (Å²) in [6, 6.07) is 5.23. The maximum Gasteiger partial charge on any atom is 0.316 e. The van der Waals surface area contributed by atoms with Gasteiger partial charge in [-0.1, -0.05) is 12.1 Å². The number of carbonyl (C=O) groups is 3. The zero-order chi connectivity index (χ0) is 18.1. The molecule has 0 heterocycles. The van der Waals surface area contributed by atoms with E-state index in [4.69, 9.17) is 4.74 Å². The lowest BCUT2D eigenvalue weighted by Gasteiger charge is -2.43. The molecule has 2 rings (SSSR count). The lowest BCUT2D eigenvalue weighted by atomic mass is 9.62. The van der Waals surface area contributed by atoms with E-state index in [0.717, 1.165) is 20.3 Å². The Labute approximate surface area is 138 Å². The summed E-state index contributed by atoms with van der Waals surface area (Å²) < 4.78 is 23.1. The maximum atomic E-state index is 13.7. The van der Waals surface area contributed by atoms with Crippen molar-refractivity contribution in [2.24, 2.45) is 11.8 Å². The lowest BCUT2D eigenvalue weighted by molar-refractivity contribution is -0.170. The normalized spacial score (nSPS) is 29.9. The molecule has 0 spiro atoms. The Hall–Kier alpha value is -2.28. The van der Waals surface area contributed by atoms with Gasteiger partial charge in [0.2, 0.25) is 0 Å². The second-order valence-electron chi connectivity index (χ2n) is 6.08. The van der Waals surface area contributed by atoms with Crippen molar-refractivity contribution in [2.75, 3.05) is 14.2 Å². The molecule has 1 aromatic rings. The van der Waals surface area contributed by atoms with E-state index in [1.54, 1.807) is 0 Å². The van der Waals surface area contributed by atoms with Crippen molar-refractivity contribution in [3.05, 3.63) is 35.6 Å². The van der Waals surface area contributed by atoms with Crippen LogP contribution in [-0.2, 0) is 23.9 Å².